The summed E-state index contributed by atoms with van der Waals surface area (Å²) in [7, 11) is 10.9. The zero-order valence-corrected chi connectivity index (χ0v) is 26.2. The van der Waals surface area contributed by atoms with E-state index in [2.05, 4.69) is 130 Å². The van der Waals surface area contributed by atoms with Crippen LogP contribution in [0.4, 0.5) is 4.39 Å². The molecular formula is C38H28B5FO. The van der Waals surface area contributed by atoms with E-state index in [0.717, 1.165) is 60.5 Å². The average molecular weight is 574 g/mol. The van der Waals surface area contributed by atoms with Crippen LogP contribution in [-0.4, -0.2) is 39.2 Å². The first kappa shape index (κ1) is 27.6. The highest BCUT2D eigenvalue weighted by Crippen LogP contribution is 2.41. The number of rotatable bonds is 3. The van der Waals surface area contributed by atoms with Crippen LogP contribution in [-0.2, 0) is 0 Å². The molecule has 0 aliphatic carbocycles. The van der Waals surface area contributed by atoms with Crippen LogP contribution in [0, 0.1) is 5.82 Å². The summed E-state index contributed by atoms with van der Waals surface area (Å²) in [5.74, 6) is -0.210. The summed E-state index contributed by atoms with van der Waals surface area (Å²) in [6, 6.07) is 37.3. The minimum atomic E-state index is -0.210. The van der Waals surface area contributed by atoms with Crippen LogP contribution in [0.1, 0.15) is 0 Å². The van der Waals surface area contributed by atoms with Crippen molar-refractivity contribution in [2.75, 3.05) is 0 Å². The third kappa shape index (κ3) is 4.21. The molecule has 0 unspecified atom stereocenters. The molecule has 0 radical (unpaired) electrons. The van der Waals surface area contributed by atoms with Crippen molar-refractivity contribution in [3.05, 3.63) is 115 Å². The topological polar surface area (TPSA) is 13.1 Å². The molecule has 7 aromatic carbocycles. The Kier molecular flexibility index (Phi) is 6.36. The van der Waals surface area contributed by atoms with Crippen LogP contribution in [0.2, 0.25) is 0 Å². The van der Waals surface area contributed by atoms with Crippen molar-refractivity contribution in [3.8, 4) is 33.4 Å². The molecule has 0 N–H and O–H groups in total. The van der Waals surface area contributed by atoms with Crippen LogP contribution in [0.25, 0.3) is 76.9 Å². The lowest BCUT2D eigenvalue weighted by molar-refractivity contribution is 0.632. The highest BCUT2D eigenvalue weighted by Gasteiger charge is 2.21. The number of fused-ring (bicyclic) bond motifs is 5. The number of hydrogen-bond donors (Lipinski definition) is 0. The van der Waals surface area contributed by atoms with E-state index >= 15 is 4.39 Å². The van der Waals surface area contributed by atoms with Gasteiger partial charge in [0.1, 0.15) is 56.2 Å². The lowest BCUT2D eigenvalue weighted by atomic mass is 9.59. The van der Waals surface area contributed by atoms with Crippen molar-refractivity contribution in [3.63, 3.8) is 0 Å². The zero-order chi connectivity index (χ0) is 31.0. The smallest absolute Gasteiger partial charge is 0.139 e. The van der Waals surface area contributed by atoms with Gasteiger partial charge in [-0.1, -0.05) is 89.8 Å². The van der Waals surface area contributed by atoms with Gasteiger partial charge in [-0.2, -0.15) is 0 Å². The molecule has 0 saturated carbocycles. The first-order valence-electron chi connectivity index (χ1n) is 15.5. The average Bonchev–Trinajstić information content (AvgIpc) is 3.42. The summed E-state index contributed by atoms with van der Waals surface area (Å²) in [6.07, 6.45) is 0. The van der Waals surface area contributed by atoms with Gasteiger partial charge in [-0.05, 0) is 79.7 Å². The molecule has 1 heterocycles. The first-order chi connectivity index (χ1) is 21.8. The lowest BCUT2D eigenvalue weighted by Crippen LogP contribution is -2.55. The maximum Gasteiger partial charge on any atom is 0.139 e. The molecule has 0 bridgehead atoms. The number of hydrogen-bond acceptors (Lipinski definition) is 1. The first-order valence-corrected chi connectivity index (χ1v) is 15.5. The highest BCUT2D eigenvalue weighted by molar-refractivity contribution is 6.68. The van der Waals surface area contributed by atoms with Gasteiger partial charge in [0.05, 0.1) is 0 Å². The van der Waals surface area contributed by atoms with E-state index in [1.807, 2.05) is 12.1 Å². The Labute approximate surface area is 266 Å². The van der Waals surface area contributed by atoms with Crippen molar-refractivity contribution < 1.29 is 8.81 Å². The Bertz CT molecular complexity index is 2490. The summed E-state index contributed by atoms with van der Waals surface area (Å²) in [5, 5.41) is 6.68. The third-order valence-electron chi connectivity index (χ3n) is 10.1. The van der Waals surface area contributed by atoms with E-state index in [-0.39, 0.29) is 5.82 Å². The van der Waals surface area contributed by atoms with Crippen LogP contribution in [0.15, 0.2) is 114 Å². The van der Waals surface area contributed by atoms with Gasteiger partial charge >= 0.3 is 0 Å². The molecule has 0 aliphatic heterocycles. The Hall–Kier alpha value is -4.89. The van der Waals surface area contributed by atoms with Crippen molar-refractivity contribution in [1.82, 2.24) is 0 Å². The van der Waals surface area contributed by atoms with Gasteiger partial charge in [-0.3, -0.25) is 0 Å². The zero-order valence-electron chi connectivity index (χ0n) is 26.2. The van der Waals surface area contributed by atoms with Crippen molar-refractivity contribution in [2.24, 2.45) is 0 Å². The van der Waals surface area contributed by atoms with Crippen LogP contribution >= 0.6 is 0 Å². The van der Waals surface area contributed by atoms with Gasteiger partial charge in [-0.25, -0.2) is 4.39 Å². The quantitative estimate of drug-likeness (QED) is 0.296. The largest absolute Gasteiger partial charge is 0.456 e. The number of furan rings is 1. The Morgan fingerprint density at radius 3 is 1.76 bits per heavy atom. The molecule has 45 heavy (non-hydrogen) atoms. The molecule has 208 valence electrons. The molecule has 7 heteroatoms. The van der Waals surface area contributed by atoms with Gasteiger partial charge in [0, 0.05) is 16.3 Å². The van der Waals surface area contributed by atoms with Gasteiger partial charge in [0.2, 0.25) is 0 Å². The standard InChI is InChI=1S/C38H28B5FO/c39-34-33(35(40)37(42)38(43)36(34)41)26-10-5-11-29(44)32(26)25-14-13-22(23-8-3-4-9-24(23)25)21-12-15-30-27(17-21)28-16-19-6-1-2-7-20(19)18-31(28)45-30/h1-18H,39-43H2. The van der Waals surface area contributed by atoms with E-state index < -0.39 is 0 Å². The van der Waals surface area contributed by atoms with Crippen molar-refractivity contribution in [2.45, 2.75) is 0 Å². The maximum atomic E-state index is 16.1. The number of benzene rings is 7. The van der Waals surface area contributed by atoms with Crippen molar-refractivity contribution >= 4 is 110 Å². The second-order valence-electron chi connectivity index (χ2n) is 12.4. The van der Waals surface area contributed by atoms with E-state index in [9.17, 15) is 0 Å². The second kappa shape index (κ2) is 10.3. The summed E-state index contributed by atoms with van der Waals surface area (Å²) in [5.41, 5.74) is 13.8. The molecule has 0 spiro atoms. The van der Waals surface area contributed by atoms with Gasteiger partial charge in [-0.15, -0.1) is 16.4 Å². The molecule has 1 nitrogen and oxygen atoms in total. The monoisotopic (exact) mass is 574 g/mol. The molecule has 0 fully saturated rings. The van der Waals surface area contributed by atoms with Gasteiger partial charge in [0.15, 0.2) is 0 Å². The van der Waals surface area contributed by atoms with Gasteiger partial charge < -0.3 is 4.42 Å². The third-order valence-corrected chi connectivity index (χ3v) is 10.1. The molecule has 8 rings (SSSR count). The normalized spacial score (nSPS) is 11.7. The minimum Gasteiger partial charge on any atom is -0.456 e. The van der Waals surface area contributed by atoms with Crippen LogP contribution in [0.5, 0.6) is 0 Å². The summed E-state index contributed by atoms with van der Waals surface area (Å²) in [6.45, 7) is 0. The molecule has 8 aromatic rings. The molecule has 0 atom stereocenters. The predicted octanol–water partition coefficient (Wildman–Crippen LogP) is 2.32. The molecular weight excluding hydrogens is 545 g/mol. The van der Waals surface area contributed by atoms with Crippen LogP contribution < -0.4 is 27.3 Å². The molecule has 0 aliphatic rings. The number of halogens is 1. The van der Waals surface area contributed by atoms with E-state index in [0.29, 0.717) is 5.56 Å². The molecule has 0 amide bonds. The second-order valence-corrected chi connectivity index (χ2v) is 12.4. The Balaban J connectivity index is 1.35. The molecule has 0 saturated heterocycles. The Morgan fingerprint density at radius 2 is 1.02 bits per heavy atom. The summed E-state index contributed by atoms with van der Waals surface area (Å²) >= 11 is 0. The van der Waals surface area contributed by atoms with E-state index in [4.69, 9.17) is 4.42 Å². The highest BCUT2D eigenvalue weighted by atomic mass is 19.1. The fourth-order valence-electron chi connectivity index (χ4n) is 7.31. The summed E-state index contributed by atoms with van der Waals surface area (Å²) < 4.78 is 22.4. The lowest BCUT2D eigenvalue weighted by Gasteiger charge is -2.23. The maximum absolute atomic E-state index is 16.1. The van der Waals surface area contributed by atoms with Gasteiger partial charge in [0.25, 0.3) is 0 Å². The SMILES string of the molecule is Bc1c(B)c(B)c(-c2cccc(F)c2-c2ccc(-c3ccc4oc5cc6ccccc6cc5c4c3)c3ccccc23)c(B)c1B. The molecule has 1 aromatic heterocycles. The van der Waals surface area contributed by atoms with E-state index in [1.54, 1.807) is 6.07 Å². The predicted molar refractivity (Wildman–Crippen MR) is 206 cm³/mol. The summed E-state index contributed by atoms with van der Waals surface area (Å²) in [4.78, 5) is 0. The fraction of sp³-hybridized carbons (Fsp3) is 0. The Morgan fingerprint density at radius 1 is 0.422 bits per heavy atom. The fourth-order valence-corrected chi connectivity index (χ4v) is 7.31. The minimum absolute atomic E-state index is 0.210. The van der Waals surface area contributed by atoms with Crippen molar-refractivity contribution in [1.29, 1.82) is 0 Å². The van der Waals surface area contributed by atoms with Crippen LogP contribution in [0.3, 0.4) is 0 Å². The van der Waals surface area contributed by atoms with E-state index in [1.165, 1.54) is 38.1 Å².